The highest BCUT2D eigenvalue weighted by molar-refractivity contribution is 7.98. The molecule has 0 amide bonds. The molecule has 0 aliphatic heterocycles. The minimum atomic E-state index is -0.368. The van der Waals surface area contributed by atoms with Crippen LogP contribution in [-0.2, 0) is 0 Å². The van der Waals surface area contributed by atoms with Gasteiger partial charge < -0.3 is 9.72 Å². The molecule has 0 fully saturated rings. The van der Waals surface area contributed by atoms with Crippen molar-refractivity contribution in [2.75, 3.05) is 13.4 Å². The molecule has 0 aliphatic carbocycles. The zero-order valence-corrected chi connectivity index (χ0v) is 11.4. The predicted molar refractivity (Wildman–Crippen MR) is 75.5 cm³/mol. The fourth-order valence-electron chi connectivity index (χ4n) is 1.78. The number of methoxy groups -OCH3 is 1. The molecule has 4 nitrogen and oxygen atoms in total. The first kappa shape index (κ1) is 13.2. The van der Waals surface area contributed by atoms with E-state index < -0.39 is 0 Å². The molecular weight excluding hydrogens is 260 g/mol. The zero-order chi connectivity index (χ0) is 13.8. The molecule has 2 rings (SSSR count). The number of hydrogen-bond acceptors (Lipinski definition) is 4. The molecule has 1 N–H and O–H groups in total. The number of nitrogens with one attached hydrogen (secondary N) is 1. The van der Waals surface area contributed by atoms with Crippen molar-refractivity contribution in [3.8, 4) is 22.9 Å². The van der Waals surface area contributed by atoms with Crippen LogP contribution in [0.1, 0.15) is 5.56 Å². The normalized spacial score (nSPS) is 9.95. The first-order valence-corrected chi connectivity index (χ1v) is 6.78. The lowest BCUT2D eigenvalue weighted by Crippen LogP contribution is -2.12. The Morgan fingerprint density at radius 2 is 2.16 bits per heavy atom. The van der Waals surface area contributed by atoms with E-state index in [9.17, 15) is 4.79 Å². The van der Waals surface area contributed by atoms with Crippen molar-refractivity contribution in [3.63, 3.8) is 0 Å². The predicted octanol–water partition coefficient (Wildman–Crippen LogP) is 2.64. The average molecular weight is 272 g/mol. The van der Waals surface area contributed by atoms with Crippen molar-refractivity contribution in [1.29, 1.82) is 5.26 Å². The van der Waals surface area contributed by atoms with E-state index in [1.54, 1.807) is 19.2 Å². The molecule has 0 radical (unpaired) electrons. The molecule has 19 heavy (non-hydrogen) atoms. The third-order valence-electron chi connectivity index (χ3n) is 2.72. The van der Waals surface area contributed by atoms with Crippen molar-refractivity contribution < 1.29 is 4.74 Å². The third-order valence-corrected chi connectivity index (χ3v) is 3.38. The summed E-state index contributed by atoms with van der Waals surface area (Å²) in [5, 5.41) is 9.87. The van der Waals surface area contributed by atoms with Crippen molar-refractivity contribution in [2.45, 2.75) is 5.03 Å². The molecule has 0 saturated carbocycles. The van der Waals surface area contributed by atoms with Crippen molar-refractivity contribution >= 4 is 11.8 Å². The Labute approximate surface area is 115 Å². The van der Waals surface area contributed by atoms with Gasteiger partial charge >= 0.3 is 0 Å². The number of pyridine rings is 1. The summed E-state index contributed by atoms with van der Waals surface area (Å²) < 4.78 is 5.16. The van der Waals surface area contributed by atoms with Gasteiger partial charge in [0.25, 0.3) is 5.56 Å². The van der Waals surface area contributed by atoms with E-state index in [4.69, 9.17) is 10.00 Å². The van der Waals surface area contributed by atoms with Crippen LogP contribution in [-0.4, -0.2) is 18.3 Å². The standard InChI is InChI=1S/C14H12N2O2S/c1-18-10-5-3-4-9(6-10)11-7-13(19-2)16-14(17)12(11)8-15/h3-7H,1-2H3,(H,16,17). The summed E-state index contributed by atoms with van der Waals surface area (Å²) in [6.07, 6.45) is 1.87. The number of benzene rings is 1. The van der Waals surface area contributed by atoms with Gasteiger partial charge in [0.2, 0.25) is 0 Å². The molecule has 0 saturated heterocycles. The van der Waals surface area contributed by atoms with Gasteiger partial charge in [0.15, 0.2) is 0 Å². The summed E-state index contributed by atoms with van der Waals surface area (Å²) in [5.74, 6) is 0.687. The number of rotatable bonds is 3. The van der Waals surface area contributed by atoms with E-state index in [1.807, 2.05) is 30.5 Å². The summed E-state index contributed by atoms with van der Waals surface area (Å²) >= 11 is 1.42. The second-order valence-electron chi connectivity index (χ2n) is 3.80. The topological polar surface area (TPSA) is 65.9 Å². The van der Waals surface area contributed by atoms with E-state index in [-0.39, 0.29) is 11.1 Å². The van der Waals surface area contributed by atoms with Gasteiger partial charge in [-0.15, -0.1) is 11.8 Å². The van der Waals surface area contributed by atoms with Gasteiger partial charge in [0, 0.05) is 5.56 Å². The van der Waals surface area contributed by atoms with Crippen LogP contribution in [0.3, 0.4) is 0 Å². The number of nitriles is 1. The molecule has 5 heteroatoms. The highest BCUT2D eigenvalue weighted by Gasteiger charge is 2.11. The third kappa shape index (κ3) is 2.64. The zero-order valence-electron chi connectivity index (χ0n) is 10.6. The van der Waals surface area contributed by atoms with Crippen molar-refractivity contribution in [2.24, 2.45) is 0 Å². The lowest BCUT2D eigenvalue weighted by Gasteiger charge is -2.07. The Morgan fingerprint density at radius 3 is 2.79 bits per heavy atom. The molecule has 1 heterocycles. The first-order valence-electron chi connectivity index (χ1n) is 5.55. The van der Waals surface area contributed by atoms with E-state index in [1.165, 1.54) is 11.8 Å². The van der Waals surface area contributed by atoms with Crippen LogP contribution in [0, 0.1) is 11.3 Å². The van der Waals surface area contributed by atoms with Crippen LogP contribution in [0.2, 0.25) is 0 Å². The number of hydrogen-bond donors (Lipinski definition) is 1. The van der Waals surface area contributed by atoms with E-state index in [0.717, 1.165) is 10.6 Å². The Hall–Kier alpha value is -2.19. The maximum atomic E-state index is 11.9. The highest BCUT2D eigenvalue weighted by atomic mass is 32.2. The maximum Gasteiger partial charge on any atom is 0.267 e. The van der Waals surface area contributed by atoms with Gasteiger partial charge in [0.1, 0.15) is 17.4 Å². The number of aromatic nitrogens is 1. The number of thioether (sulfide) groups is 1. The Balaban J connectivity index is 2.69. The molecular formula is C14H12N2O2S. The van der Waals surface area contributed by atoms with Gasteiger partial charge in [-0.2, -0.15) is 5.26 Å². The molecule has 0 bridgehead atoms. The average Bonchev–Trinajstić information content (AvgIpc) is 2.46. The van der Waals surface area contributed by atoms with Crippen LogP contribution in [0.15, 0.2) is 40.2 Å². The summed E-state index contributed by atoms with van der Waals surface area (Å²) in [4.78, 5) is 14.5. The van der Waals surface area contributed by atoms with E-state index in [2.05, 4.69) is 4.98 Å². The van der Waals surface area contributed by atoms with Crippen molar-refractivity contribution in [3.05, 3.63) is 46.2 Å². The van der Waals surface area contributed by atoms with E-state index in [0.29, 0.717) is 11.3 Å². The molecule has 0 atom stereocenters. The molecule has 0 unspecified atom stereocenters. The lowest BCUT2D eigenvalue weighted by atomic mass is 10.0. The summed E-state index contributed by atoms with van der Waals surface area (Å²) in [6.45, 7) is 0. The largest absolute Gasteiger partial charge is 0.497 e. The Kier molecular flexibility index (Phi) is 3.93. The Bertz CT molecular complexity index is 701. The van der Waals surface area contributed by atoms with Crippen LogP contribution in [0.25, 0.3) is 11.1 Å². The van der Waals surface area contributed by atoms with Crippen LogP contribution in [0.4, 0.5) is 0 Å². The Morgan fingerprint density at radius 1 is 1.37 bits per heavy atom. The lowest BCUT2D eigenvalue weighted by molar-refractivity contribution is 0.415. The summed E-state index contributed by atoms with van der Waals surface area (Å²) in [6, 6.07) is 11.1. The second-order valence-corrected chi connectivity index (χ2v) is 4.65. The maximum absolute atomic E-state index is 11.9. The minimum Gasteiger partial charge on any atom is -0.497 e. The fraction of sp³-hybridized carbons (Fsp3) is 0.143. The number of ether oxygens (including phenoxy) is 1. The quantitative estimate of drug-likeness (QED) is 0.872. The number of aromatic amines is 1. The van der Waals surface area contributed by atoms with Gasteiger partial charge in [-0.05, 0) is 30.0 Å². The monoisotopic (exact) mass is 272 g/mol. The molecule has 0 spiro atoms. The SMILES string of the molecule is COc1cccc(-c2cc(SC)[nH]c(=O)c2C#N)c1. The molecule has 2 aromatic rings. The smallest absolute Gasteiger partial charge is 0.267 e. The highest BCUT2D eigenvalue weighted by Crippen LogP contribution is 2.27. The molecule has 96 valence electrons. The van der Waals surface area contributed by atoms with Crippen LogP contribution in [0.5, 0.6) is 5.75 Å². The molecule has 1 aromatic heterocycles. The van der Waals surface area contributed by atoms with Gasteiger partial charge in [-0.1, -0.05) is 12.1 Å². The number of H-pyrrole nitrogens is 1. The fourth-order valence-corrected chi connectivity index (χ4v) is 2.21. The van der Waals surface area contributed by atoms with Gasteiger partial charge in [-0.3, -0.25) is 4.79 Å². The van der Waals surface area contributed by atoms with Crippen molar-refractivity contribution in [1.82, 2.24) is 4.98 Å². The van der Waals surface area contributed by atoms with Crippen LogP contribution < -0.4 is 10.3 Å². The number of nitrogens with zero attached hydrogens (tertiary/aromatic N) is 1. The molecule has 1 aromatic carbocycles. The summed E-state index contributed by atoms with van der Waals surface area (Å²) in [7, 11) is 1.58. The first-order chi connectivity index (χ1) is 9.19. The second kappa shape index (κ2) is 5.63. The molecule has 0 aliphatic rings. The van der Waals surface area contributed by atoms with Crippen LogP contribution >= 0.6 is 11.8 Å². The summed E-state index contributed by atoms with van der Waals surface area (Å²) in [5.41, 5.74) is 1.16. The van der Waals surface area contributed by atoms with Gasteiger partial charge in [0.05, 0.1) is 12.1 Å². The van der Waals surface area contributed by atoms with E-state index >= 15 is 0 Å². The minimum absolute atomic E-state index is 0.117. The van der Waals surface area contributed by atoms with Gasteiger partial charge in [-0.25, -0.2) is 0 Å².